The number of primary amides is 2. The number of aryl methyl sites for hydroxylation is 1. The molecule has 0 fully saturated rings. The maximum atomic E-state index is 11.5. The Labute approximate surface area is 147 Å². The van der Waals surface area contributed by atoms with Gasteiger partial charge in [0.25, 0.3) is 5.91 Å². The highest BCUT2D eigenvalue weighted by Crippen LogP contribution is 2.32. The second kappa shape index (κ2) is 7.41. The minimum Gasteiger partial charge on any atom is -0.368 e. The predicted molar refractivity (Wildman–Crippen MR) is 92.6 cm³/mol. The van der Waals surface area contributed by atoms with E-state index in [1.165, 1.54) is 6.20 Å². The third-order valence-electron chi connectivity index (χ3n) is 3.10. The highest BCUT2D eigenvalue weighted by atomic mass is 35.5. The van der Waals surface area contributed by atoms with E-state index < -0.39 is 17.9 Å². The van der Waals surface area contributed by atoms with Crippen LogP contribution in [0.3, 0.4) is 0 Å². The van der Waals surface area contributed by atoms with Crippen LogP contribution in [0.4, 0.5) is 16.6 Å². The van der Waals surface area contributed by atoms with Crippen LogP contribution in [0.25, 0.3) is 0 Å². The average Bonchev–Trinajstić information content (AvgIpc) is 2.84. The van der Waals surface area contributed by atoms with E-state index in [0.29, 0.717) is 22.1 Å². The Hall–Kier alpha value is -2.46. The molecule has 0 aliphatic rings. The van der Waals surface area contributed by atoms with Crippen molar-refractivity contribution in [1.29, 1.82) is 0 Å². The third-order valence-corrected chi connectivity index (χ3v) is 4.53. The van der Waals surface area contributed by atoms with Gasteiger partial charge in [0, 0.05) is 0 Å². The Morgan fingerprint density at radius 1 is 1.42 bits per heavy atom. The number of anilines is 3. The van der Waals surface area contributed by atoms with Crippen molar-refractivity contribution in [3.05, 3.63) is 22.6 Å². The van der Waals surface area contributed by atoms with Crippen LogP contribution in [0.15, 0.2) is 6.20 Å². The smallest absolute Gasteiger partial charge is 0.271 e. The van der Waals surface area contributed by atoms with Crippen LogP contribution >= 0.6 is 23.1 Å². The number of halogens is 1. The zero-order valence-electron chi connectivity index (χ0n) is 13.0. The molecule has 0 aromatic carbocycles. The topological polar surface area (TPSA) is 149 Å². The number of hydrogen-bond donors (Lipinski definition) is 4. The molecule has 0 bridgehead atoms. The molecule has 0 saturated carbocycles. The van der Waals surface area contributed by atoms with E-state index in [1.54, 1.807) is 13.8 Å². The summed E-state index contributed by atoms with van der Waals surface area (Å²) in [6, 6.07) is -0.610. The van der Waals surface area contributed by atoms with Crippen LogP contribution in [0, 0.1) is 6.92 Å². The van der Waals surface area contributed by atoms with Gasteiger partial charge in [-0.15, -0.1) is 0 Å². The van der Waals surface area contributed by atoms with E-state index in [1.807, 2.05) is 0 Å². The summed E-state index contributed by atoms with van der Waals surface area (Å²) in [6.07, 6.45) is 1.77. The molecule has 11 heteroatoms. The lowest BCUT2D eigenvalue weighted by atomic mass is 10.2. The Bertz CT molecular complexity index is 780. The molecule has 2 heterocycles. The molecule has 2 amide bonds. The number of carbonyl (C=O) groups excluding carboxylic acids is 2. The normalized spacial score (nSPS) is 11.8. The van der Waals surface area contributed by atoms with Gasteiger partial charge in [0.15, 0.2) is 11.5 Å². The monoisotopic (exact) mass is 369 g/mol. The molecule has 1 atom stereocenters. The Morgan fingerprint density at radius 2 is 2.12 bits per heavy atom. The van der Waals surface area contributed by atoms with Crippen molar-refractivity contribution in [3.8, 4) is 0 Å². The van der Waals surface area contributed by atoms with Crippen LogP contribution in [-0.4, -0.2) is 32.2 Å². The van der Waals surface area contributed by atoms with Crippen molar-refractivity contribution in [2.45, 2.75) is 26.3 Å². The minimum atomic E-state index is -0.754. The number of nitrogens with two attached hydrogens (primary N) is 2. The lowest BCUT2D eigenvalue weighted by molar-refractivity contribution is -0.118. The van der Waals surface area contributed by atoms with Gasteiger partial charge in [-0.25, -0.2) is 9.97 Å². The average molecular weight is 370 g/mol. The second-order valence-corrected chi connectivity index (χ2v) is 6.01. The number of carbonyl (C=O) groups is 2. The number of nitrogens with one attached hydrogen (secondary N) is 2. The first kappa shape index (κ1) is 17.9. The van der Waals surface area contributed by atoms with Gasteiger partial charge in [0.2, 0.25) is 5.91 Å². The molecule has 0 unspecified atom stereocenters. The molecule has 0 aliphatic carbocycles. The van der Waals surface area contributed by atoms with Gasteiger partial charge in [-0.2, -0.15) is 4.37 Å². The maximum Gasteiger partial charge on any atom is 0.271 e. The fourth-order valence-corrected chi connectivity index (χ4v) is 2.76. The Balaban J connectivity index is 2.36. The molecule has 6 N–H and O–H groups in total. The van der Waals surface area contributed by atoms with Crippen LogP contribution in [0.2, 0.25) is 5.02 Å². The number of amides is 2. The van der Waals surface area contributed by atoms with Gasteiger partial charge in [0.05, 0.1) is 16.9 Å². The van der Waals surface area contributed by atoms with Crippen LogP contribution < -0.4 is 22.1 Å². The lowest BCUT2D eigenvalue weighted by Crippen LogP contribution is -2.35. The van der Waals surface area contributed by atoms with Crippen molar-refractivity contribution in [1.82, 2.24) is 14.3 Å². The molecular weight excluding hydrogens is 354 g/mol. The SMILES string of the molecule is CC[C@@H](Nc1cnc(C(N)=O)c(Nc2snc(C)c2Cl)n1)C(N)=O. The van der Waals surface area contributed by atoms with Crippen LogP contribution in [-0.2, 0) is 4.79 Å². The number of hydrogen-bond acceptors (Lipinski definition) is 8. The van der Waals surface area contributed by atoms with Crippen LogP contribution in [0.1, 0.15) is 29.5 Å². The summed E-state index contributed by atoms with van der Waals surface area (Å²) in [7, 11) is 0. The summed E-state index contributed by atoms with van der Waals surface area (Å²) in [5.74, 6) is -0.896. The van der Waals surface area contributed by atoms with Gasteiger partial charge in [0.1, 0.15) is 16.9 Å². The summed E-state index contributed by atoms with van der Waals surface area (Å²) in [5.41, 5.74) is 11.2. The first-order valence-corrected chi connectivity index (χ1v) is 8.10. The summed E-state index contributed by atoms with van der Waals surface area (Å²) in [5, 5.41) is 6.67. The van der Waals surface area contributed by atoms with E-state index in [-0.39, 0.29) is 17.3 Å². The Kier molecular flexibility index (Phi) is 5.52. The molecule has 0 radical (unpaired) electrons. The molecule has 0 spiro atoms. The second-order valence-electron chi connectivity index (χ2n) is 4.86. The van der Waals surface area contributed by atoms with E-state index in [2.05, 4.69) is 25.0 Å². The zero-order valence-corrected chi connectivity index (χ0v) is 14.5. The summed E-state index contributed by atoms with van der Waals surface area (Å²) in [4.78, 5) is 31.1. The number of rotatable bonds is 7. The molecule has 128 valence electrons. The van der Waals surface area contributed by atoms with Crippen molar-refractivity contribution in [2.75, 3.05) is 10.6 Å². The first-order chi connectivity index (χ1) is 11.3. The molecular formula is C13H16ClN7O2S. The van der Waals surface area contributed by atoms with Gasteiger partial charge in [-0.05, 0) is 24.9 Å². The van der Waals surface area contributed by atoms with Crippen molar-refractivity contribution in [3.63, 3.8) is 0 Å². The number of aromatic nitrogens is 3. The molecule has 2 rings (SSSR count). The van der Waals surface area contributed by atoms with Gasteiger partial charge < -0.3 is 22.1 Å². The van der Waals surface area contributed by atoms with E-state index in [0.717, 1.165) is 11.5 Å². The van der Waals surface area contributed by atoms with E-state index in [9.17, 15) is 9.59 Å². The highest BCUT2D eigenvalue weighted by molar-refractivity contribution is 7.11. The summed E-state index contributed by atoms with van der Waals surface area (Å²) in [6.45, 7) is 3.55. The third kappa shape index (κ3) is 3.89. The summed E-state index contributed by atoms with van der Waals surface area (Å²) >= 11 is 7.24. The van der Waals surface area contributed by atoms with Gasteiger partial charge in [-0.3, -0.25) is 9.59 Å². The predicted octanol–water partition coefficient (Wildman–Crippen LogP) is 1.41. The van der Waals surface area contributed by atoms with E-state index >= 15 is 0 Å². The fraction of sp³-hybridized carbons (Fsp3) is 0.308. The molecule has 24 heavy (non-hydrogen) atoms. The quantitative estimate of drug-likeness (QED) is 0.576. The standard InChI is InChI=1S/C13H16ClN7O2S/c1-3-6(10(15)22)18-7-4-17-9(11(16)23)12(19-7)20-13-8(14)5(2)21-24-13/h4,6H,3H2,1-2H3,(H2,15,22)(H2,16,23)(H2,18,19,20)/t6-/m1/s1. The highest BCUT2D eigenvalue weighted by Gasteiger charge is 2.18. The van der Waals surface area contributed by atoms with Crippen LogP contribution in [0.5, 0.6) is 0 Å². The lowest BCUT2D eigenvalue weighted by Gasteiger charge is -2.15. The van der Waals surface area contributed by atoms with E-state index in [4.69, 9.17) is 23.1 Å². The zero-order chi connectivity index (χ0) is 17.9. The molecule has 2 aromatic rings. The van der Waals surface area contributed by atoms with Crippen molar-refractivity contribution in [2.24, 2.45) is 11.5 Å². The molecule has 0 saturated heterocycles. The minimum absolute atomic E-state index is 0.0604. The first-order valence-electron chi connectivity index (χ1n) is 6.95. The van der Waals surface area contributed by atoms with Gasteiger partial charge in [-0.1, -0.05) is 18.5 Å². The summed E-state index contributed by atoms with van der Waals surface area (Å²) < 4.78 is 4.10. The largest absolute Gasteiger partial charge is 0.368 e. The Morgan fingerprint density at radius 3 is 2.62 bits per heavy atom. The fourth-order valence-electron chi connectivity index (χ4n) is 1.82. The molecule has 0 aliphatic heterocycles. The molecule has 2 aromatic heterocycles. The van der Waals surface area contributed by atoms with Gasteiger partial charge >= 0.3 is 0 Å². The molecule has 9 nitrogen and oxygen atoms in total. The van der Waals surface area contributed by atoms with Crippen molar-refractivity contribution >= 4 is 51.6 Å². The van der Waals surface area contributed by atoms with Crippen molar-refractivity contribution < 1.29 is 9.59 Å². The number of nitrogens with zero attached hydrogens (tertiary/aromatic N) is 3. The maximum absolute atomic E-state index is 11.5.